The van der Waals surface area contributed by atoms with Crippen molar-refractivity contribution < 1.29 is 96.1 Å². The number of hydrogen-bond donors (Lipinski definition) is 10. The van der Waals surface area contributed by atoms with E-state index in [1.807, 2.05) is 69.2 Å². The number of nitrogens with zero attached hydrogens (tertiary/aromatic N) is 4. The molecule has 1 heterocycles. The second kappa shape index (κ2) is 71.9. The van der Waals surface area contributed by atoms with Gasteiger partial charge in [0.1, 0.15) is 45.2 Å². The van der Waals surface area contributed by atoms with Gasteiger partial charge in [-0.1, -0.05) is 135 Å². The van der Waals surface area contributed by atoms with Crippen LogP contribution in [0, 0.1) is 5.53 Å². The number of nitrogens with two attached hydrogens (primary N) is 3. The molecule has 0 bridgehead atoms. The number of carbonyl (C=O) groups is 11. The van der Waals surface area contributed by atoms with Crippen molar-refractivity contribution in [3.05, 3.63) is 35.4 Å². The Morgan fingerprint density at radius 1 is 0.453 bits per heavy atom. The number of halogens is 3. The quantitative estimate of drug-likeness (QED) is 0.00583. The zero-order valence-electron chi connectivity index (χ0n) is 76.1. The third-order valence-corrected chi connectivity index (χ3v) is 14.2. The first kappa shape index (κ1) is 126. The van der Waals surface area contributed by atoms with Gasteiger partial charge >= 0.3 is 36.7 Å². The summed E-state index contributed by atoms with van der Waals surface area (Å²) in [6, 6.07) is 6.55. The van der Waals surface area contributed by atoms with Gasteiger partial charge < -0.3 is 91.4 Å². The van der Waals surface area contributed by atoms with E-state index in [1.165, 1.54) is 24.7 Å². The van der Waals surface area contributed by atoms with Crippen LogP contribution in [0.15, 0.2) is 39.3 Å². The van der Waals surface area contributed by atoms with Crippen LogP contribution in [-0.2, 0) is 47.5 Å². The zero-order chi connectivity index (χ0) is 91.7. The molecule has 1 aliphatic heterocycles. The fourth-order valence-corrected chi connectivity index (χ4v) is 8.87. The van der Waals surface area contributed by atoms with Crippen molar-refractivity contribution in [3.63, 3.8) is 0 Å². The van der Waals surface area contributed by atoms with Gasteiger partial charge in [0.25, 0.3) is 11.8 Å². The monoisotopic (exact) mass is 1740 g/mol. The summed E-state index contributed by atoms with van der Waals surface area (Å²) in [7, 11) is 0. The number of Topliss-reactive ketones (excluding diaryl/α,β-unsaturated/α-hetero) is 2. The molecule has 2 rings (SSSR count). The largest absolute Gasteiger partial charge is 0.519 e. The average molecular weight is 1740 g/mol. The van der Waals surface area contributed by atoms with Crippen LogP contribution in [0.2, 0.25) is 0 Å². The van der Waals surface area contributed by atoms with Crippen LogP contribution < -0.4 is 38.5 Å². The molecule has 1 aliphatic rings. The van der Waals surface area contributed by atoms with Gasteiger partial charge in [0, 0.05) is 57.0 Å². The summed E-state index contributed by atoms with van der Waals surface area (Å²) in [5.41, 5.74) is 20.0. The molecule has 0 spiro atoms. The fourth-order valence-electron chi connectivity index (χ4n) is 8.84. The minimum absolute atomic E-state index is 0. The first-order valence-corrected chi connectivity index (χ1v) is 41.1. The highest BCUT2D eigenvalue weighted by Crippen LogP contribution is 2.24. The number of benzene rings is 1. The second-order valence-corrected chi connectivity index (χ2v) is 34.0. The number of fused-ring (bicyclic) bond motifs is 1. The van der Waals surface area contributed by atoms with Crippen molar-refractivity contribution in [2.24, 2.45) is 32.3 Å². The van der Waals surface area contributed by atoms with Crippen molar-refractivity contribution in [2.45, 2.75) is 398 Å². The van der Waals surface area contributed by atoms with E-state index in [0.717, 1.165) is 103 Å². The summed E-state index contributed by atoms with van der Waals surface area (Å²) >= 11 is 9.18. The number of alkyl carbamates (subject to hydrolysis) is 4. The van der Waals surface area contributed by atoms with Gasteiger partial charge in [0.2, 0.25) is 5.24 Å². The number of nitrogens with one attached hydrogen (secondary N) is 5. The number of amides is 6. The molecule has 0 fully saturated rings. The number of hydrogen-bond acceptors (Lipinski definition) is 25. The lowest BCUT2D eigenvalue weighted by Gasteiger charge is -2.26. The van der Waals surface area contributed by atoms with Crippen LogP contribution in [0.1, 0.15) is 349 Å². The molecule has 35 heteroatoms. The van der Waals surface area contributed by atoms with Crippen molar-refractivity contribution in [3.8, 4) is 0 Å². The SMILES string of the molecule is CC(=O)Cl.CC(C)(C)OC(=O)OC(=O)OC(C)(C)C.CCCC[C@@H](N)CCC(C)=O.CCCC[C@@H](N)CO.CCCC[C@H](CCC(C)=O)NC(=O)OC(C)(C)C.CCCC[C@H](CN)NC(=O)OC(C)(C)C.CCCC[C@H](CN1C(=O)c2ccccc2C1=O)NC(=O)OC(C)(C)C.CCCC[C@H](CO)NC(=O)OC(C)(C)C.Cl.N=NN=NCl. The maximum absolute atomic E-state index is 12.5. The summed E-state index contributed by atoms with van der Waals surface area (Å²) in [6.45, 7) is 49.6. The van der Waals surface area contributed by atoms with Crippen LogP contribution in [0.5, 0.6) is 0 Å². The van der Waals surface area contributed by atoms with Crippen molar-refractivity contribution in [2.75, 3.05) is 26.3 Å². The van der Waals surface area contributed by atoms with Gasteiger partial charge in [-0.25, -0.2) is 28.8 Å². The van der Waals surface area contributed by atoms with Gasteiger partial charge in [-0.15, -0.1) is 12.4 Å². The molecule has 0 aromatic heterocycles. The highest BCUT2D eigenvalue weighted by Gasteiger charge is 2.37. The normalized spacial score (nSPS) is 13.0. The molecule has 6 atom stereocenters. The van der Waals surface area contributed by atoms with E-state index in [2.05, 4.69) is 99.1 Å². The molecule has 0 radical (unpaired) electrons. The Kier molecular flexibility index (Phi) is 77.3. The van der Waals surface area contributed by atoms with E-state index >= 15 is 0 Å². The number of carbonyl (C=O) groups excluding carboxylic acids is 11. The first-order chi connectivity index (χ1) is 53.4. The van der Waals surface area contributed by atoms with Crippen LogP contribution in [0.4, 0.5) is 28.8 Å². The molecule has 0 unspecified atom stereocenters. The molecular weight excluding hydrogens is 1580 g/mol. The van der Waals surface area contributed by atoms with E-state index in [4.69, 9.17) is 61.4 Å². The van der Waals surface area contributed by atoms with Crippen molar-refractivity contribution >= 4 is 101 Å². The molecular formula is C82H157Cl3N12O20. The maximum Gasteiger partial charge on any atom is 0.519 e. The Morgan fingerprint density at radius 3 is 1.02 bits per heavy atom. The third-order valence-electron chi connectivity index (χ3n) is 14.1. The highest BCUT2D eigenvalue weighted by atomic mass is 35.5. The molecule has 686 valence electrons. The Morgan fingerprint density at radius 2 is 0.735 bits per heavy atom. The van der Waals surface area contributed by atoms with E-state index in [9.17, 15) is 52.7 Å². The molecule has 117 heavy (non-hydrogen) atoms. The summed E-state index contributed by atoms with van der Waals surface area (Å²) in [5, 5.41) is 33.3. The van der Waals surface area contributed by atoms with Gasteiger partial charge in [0.05, 0.1) is 48.2 Å². The van der Waals surface area contributed by atoms with Crippen molar-refractivity contribution in [1.82, 2.24) is 26.2 Å². The molecule has 0 saturated carbocycles. The van der Waals surface area contributed by atoms with Gasteiger partial charge in [-0.2, -0.15) is 5.53 Å². The number of aliphatic hydroxyl groups is 2. The Labute approximate surface area is 717 Å². The molecule has 0 saturated heterocycles. The minimum Gasteiger partial charge on any atom is -0.444 e. The zero-order valence-corrected chi connectivity index (χ0v) is 78.4. The molecule has 0 aliphatic carbocycles. The van der Waals surface area contributed by atoms with Crippen LogP contribution in [0.25, 0.3) is 0 Å². The Bertz CT molecular complexity index is 2790. The smallest absolute Gasteiger partial charge is 0.444 e. The number of unbranched alkanes of at least 4 members (excludes halogenated alkanes) is 6. The van der Waals surface area contributed by atoms with Crippen LogP contribution in [-0.4, -0.2) is 177 Å². The third kappa shape index (κ3) is 92.8. The average Bonchev–Trinajstić information content (AvgIpc) is 1.64. The van der Waals surface area contributed by atoms with Gasteiger partial charge in [0.15, 0.2) is 0 Å². The predicted octanol–water partition coefficient (Wildman–Crippen LogP) is 18.9. The van der Waals surface area contributed by atoms with E-state index in [0.29, 0.717) is 43.4 Å². The number of aliphatic hydroxyl groups excluding tert-OH is 2. The summed E-state index contributed by atoms with van der Waals surface area (Å²) in [5.74, 6) is -0.222. The second-order valence-electron chi connectivity index (χ2n) is 33.4. The molecule has 32 nitrogen and oxygen atoms in total. The fraction of sp³-hybridized carbons (Fsp3) is 0.793. The molecule has 6 amide bonds. The van der Waals surface area contributed by atoms with Crippen LogP contribution >= 0.6 is 35.8 Å². The molecule has 1 aromatic rings. The lowest BCUT2D eigenvalue weighted by molar-refractivity contribution is -0.118. The van der Waals surface area contributed by atoms with Crippen molar-refractivity contribution in [1.29, 1.82) is 5.53 Å². The topological polar surface area (TPSA) is 483 Å². The van der Waals surface area contributed by atoms with E-state index in [1.54, 1.807) is 100 Å². The highest BCUT2D eigenvalue weighted by molar-refractivity contribution is 6.62. The summed E-state index contributed by atoms with van der Waals surface area (Å²) in [4.78, 5) is 125. The number of ether oxygens (including phenoxy) is 7. The number of imide groups is 1. The molecule has 1 aromatic carbocycles. The lowest BCUT2D eigenvalue weighted by atomic mass is 10.0. The molecule has 13 N–H and O–H groups in total. The number of ketones is 2. The van der Waals surface area contributed by atoms with Gasteiger partial charge in [-0.05, 0) is 224 Å². The summed E-state index contributed by atoms with van der Waals surface area (Å²) in [6.07, 6.45) is 16.9. The Balaban J connectivity index is -0.000000197. The van der Waals surface area contributed by atoms with E-state index < -0.39 is 64.2 Å². The maximum atomic E-state index is 12.5. The van der Waals surface area contributed by atoms with Gasteiger partial charge in [-0.3, -0.25) is 19.3 Å². The first-order valence-electron chi connectivity index (χ1n) is 40.4. The predicted molar refractivity (Wildman–Crippen MR) is 464 cm³/mol. The lowest BCUT2D eigenvalue weighted by Crippen LogP contribution is -2.47. The summed E-state index contributed by atoms with van der Waals surface area (Å²) < 4.78 is 37.1. The van der Waals surface area contributed by atoms with Crippen LogP contribution in [0.3, 0.4) is 0 Å². The Hall–Kier alpha value is -6.94. The number of rotatable bonds is 34. The van der Waals surface area contributed by atoms with E-state index in [-0.39, 0.29) is 103 Å². The standard InChI is InChI=1S/C19H26N2O4.C14H27NO3.C11H24N2O2.C11H23NO3.C10H18O5.C9H19NO.C6H15NO.C2H3ClO.ClHN4.ClH/c1-5-6-9-13(20-18(24)25-19(2,3)4)12-21-16(22)14-10-7-8-11-15(14)17(21)23;1-6-7-8-12(10-9-11(2)16)15-13(17)18-14(3,4)5;1-5-6-7-9(8-12)13-10(14)15-11(2,3)4;1-5-6-7-9(8-13)12-10(14)15-11(2,3)4;1-9(2,3)14-7(11)13-8(12)15-10(4,5)6;1-3-4-5-9(10)7-6-8(2)11;1-2-3-4-6(7)5-8;1-2(3)4;1-3-5-4-2;/h7-8,10-11,13H,5-6,9,12H2,1-4H3,(H,20,24);12H,6-10H2,1-5H3,(H,15,17);9H,5-8,12H2,1-4H3,(H,13,14);9,13H,5-8H2,1-4H3,(H,12,14);1-6H3;9H,3-7,10H2,1-2H3;6,8H,2-5,7H2,1H3;1H3;2H;1H/t13-;12-;2*9-;;9-;6-;;;/m1111.11.../s1. The minimum atomic E-state index is -1.06.